The molecule has 0 saturated heterocycles. The summed E-state index contributed by atoms with van der Waals surface area (Å²) in [5.41, 5.74) is 1.01. The van der Waals surface area contributed by atoms with Gasteiger partial charge in [0.15, 0.2) is 17.2 Å². The minimum Gasteiger partial charge on any atom is -0.451 e. The molecule has 0 bridgehead atoms. The van der Waals surface area contributed by atoms with Gasteiger partial charge in [-0.2, -0.15) is 0 Å². The molecule has 26 heavy (non-hydrogen) atoms. The summed E-state index contributed by atoms with van der Waals surface area (Å²) >= 11 is 0. The molecule has 0 aliphatic rings. The van der Waals surface area contributed by atoms with Crippen molar-refractivity contribution in [3.05, 3.63) is 78.2 Å². The molecule has 0 spiro atoms. The first-order valence-electron chi connectivity index (χ1n) is 8.09. The summed E-state index contributed by atoms with van der Waals surface area (Å²) in [6.45, 7) is 1.81. The first-order valence-corrected chi connectivity index (χ1v) is 8.09. The van der Waals surface area contributed by atoms with Crippen LogP contribution in [0.2, 0.25) is 0 Å². The molecule has 3 aromatic heterocycles. The van der Waals surface area contributed by atoms with Crippen LogP contribution in [0.25, 0.3) is 17.0 Å². The van der Waals surface area contributed by atoms with Gasteiger partial charge in [-0.05, 0) is 43.3 Å². The van der Waals surface area contributed by atoms with Crippen LogP contribution < -0.4 is 5.32 Å². The Bertz CT molecular complexity index is 1090. The van der Waals surface area contributed by atoms with Gasteiger partial charge in [0.25, 0.3) is 5.91 Å². The summed E-state index contributed by atoms with van der Waals surface area (Å²) in [4.78, 5) is 12.5. The van der Waals surface area contributed by atoms with Gasteiger partial charge in [-0.25, -0.2) is 4.39 Å². The first-order chi connectivity index (χ1) is 12.6. The molecule has 3 heterocycles. The van der Waals surface area contributed by atoms with E-state index >= 15 is 0 Å². The third kappa shape index (κ3) is 2.83. The highest BCUT2D eigenvalue weighted by atomic mass is 19.1. The smallest absolute Gasteiger partial charge is 0.287 e. The monoisotopic (exact) mass is 350 g/mol. The van der Waals surface area contributed by atoms with Crippen LogP contribution in [0.3, 0.4) is 0 Å². The van der Waals surface area contributed by atoms with E-state index in [-0.39, 0.29) is 11.8 Å². The van der Waals surface area contributed by atoms with Gasteiger partial charge in [0.05, 0.1) is 11.6 Å². The Morgan fingerprint density at radius 1 is 1.12 bits per heavy atom. The zero-order chi connectivity index (χ0) is 18.1. The number of hydrogen-bond acceptors (Lipinski definition) is 4. The van der Waals surface area contributed by atoms with Gasteiger partial charge < -0.3 is 9.73 Å². The highest BCUT2D eigenvalue weighted by Gasteiger charge is 2.19. The van der Waals surface area contributed by atoms with E-state index in [9.17, 15) is 9.18 Å². The Kier molecular flexibility index (Phi) is 3.96. The second-order valence-corrected chi connectivity index (χ2v) is 5.83. The molecule has 1 amide bonds. The van der Waals surface area contributed by atoms with Crippen LogP contribution in [-0.2, 0) is 0 Å². The number of benzene rings is 1. The van der Waals surface area contributed by atoms with Crippen molar-refractivity contribution in [2.24, 2.45) is 0 Å². The topological polar surface area (TPSA) is 72.4 Å². The quantitative estimate of drug-likeness (QED) is 0.610. The van der Waals surface area contributed by atoms with E-state index in [1.807, 2.05) is 31.3 Å². The fraction of sp³-hybridized carbons (Fsp3) is 0.105. The molecule has 1 N–H and O–H groups in total. The number of amides is 1. The van der Waals surface area contributed by atoms with E-state index in [2.05, 4.69) is 15.5 Å². The molecular weight excluding hydrogens is 335 g/mol. The normalized spacial score (nSPS) is 12.2. The number of carbonyl (C=O) groups excluding carboxylic acids is 1. The van der Waals surface area contributed by atoms with Crippen LogP contribution in [0.4, 0.5) is 4.39 Å². The number of nitrogens with one attached hydrogen (secondary N) is 1. The molecule has 130 valence electrons. The lowest BCUT2D eigenvalue weighted by Crippen LogP contribution is -2.27. The van der Waals surface area contributed by atoms with Crippen molar-refractivity contribution >= 4 is 11.6 Å². The maximum Gasteiger partial charge on any atom is 0.287 e. The van der Waals surface area contributed by atoms with Crippen LogP contribution >= 0.6 is 0 Å². The fourth-order valence-electron chi connectivity index (χ4n) is 2.75. The number of fused-ring (bicyclic) bond motifs is 1. The third-order valence-corrected chi connectivity index (χ3v) is 4.04. The van der Waals surface area contributed by atoms with Crippen molar-refractivity contribution in [3.8, 4) is 11.3 Å². The molecule has 6 nitrogen and oxygen atoms in total. The average Bonchev–Trinajstić information content (AvgIpc) is 3.29. The number of furan rings is 1. The Balaban J connectivity index is 1.54. The predicted octanol–water partition coefficient (Wildman–Crippen LogP) is 3.62. The second kappa shape index (κ2) is 6.44. The summed E-state index contributed by atoms with van der Waals surface area (Å²) in [5.74, 6) is 0.192. The molecule has 4 aromatic rings. The Labute approximate surface area is 148 Å². The van der Waals surface area contributed by atoms with Gasteiger partial charge >= 0.3 is 0 Å². The van der Waals surface area contributed by atoms with Crippen molar-refractivity contribution < 1.29 is 13.6 Å². The Morgan fingerprint density at radius 3 is 2.77 bits per heavy atom. The molecular formula is C19H15FN4O2. The van der Waals surface area contributed by atoms with Crippen molar-refractivity contribution in [1.29, 1.82) is 0 Å². The number of carbonyl (C=O) groups is 1. The van der Waals surface area contributed by atoms with Crippen LogP contribution in [-0.4, -0.2) is 20.5 Å². The maximum absolute atomic E-state index is 13.9. The largest absolute Gasteiger partial charge is 0.451 e. The molecule has 0 unspecified atom stereocenters. The molecule has 7 heteroatoms. The first kappa shape index (κ1) is 16.0. The molecule has 1 aromatic carbocycles. The van der Waals surface area contributed by atoms with Gasteiger partial charge in [0, 0.05) is 6.20 Å². The van der Waals surface area contributed by atoms with Gasteiger partial charge in [0.1, 0.15) is 11.6 Å². The van der Waals surface area contributed by atoms with Crippen molar-refractivity contribution in [1.82, 2.24) is 19.9 Å². The summed E-state index contributed by atoms with van der Waals surface area (Å²) in [6, 6.07) is 14.5. The zero-order valence-electron chi connectivity index (χ0n) is 13.9. The van der Waals surface area contributed by atoms with E-state index in [4.69, 9.17) is 4.42 Å². The summed E-state index contributed by atoms with van der Waals surface area (Å²) in [5, 5.41) is 11.0. The number of hydrogen-bond donors (Lipinski definition) is 1. The molecule has 1 atom stereocenters. The Morgan fingerprint density at radius 2 is 1.92 bits per heavy atom. The molecule has 0 aliphatic heterocycles. The molecule has 0 radical (unpaired) electrons. The lowest BCUT2D eigenvalue weighted by atomic mass is 10.1. The lowest BCUT2D eigenvalue weighted by Gasteiger charge is -2.11. The van der Waals surface area contributed by atoms with Crippen LogP contribution in [0, 0.1) is 5.82 Å². The van der Waals surface area contributed by atoms with E-state index in [0.717, 1.165) is 0 Å². The number of rotatable bonds is 4. The SMILES string of the molecule is C[C@H](NC(=O)c1ccc(-c2ccccc2F)o1)c1nnc2ccccn12. The predicted molar refractivity (Wildman–Crippen MR) is 93.0 cm³/mol. The van der Waals surface area contributed by atoms with Gasteiger partial charge in [0.2, 0.25) is 0 Å². The maximum atomic E-state index is 13.9. The van der Waals surface area contributed by atoms with E-state index in [1.165, 1.54) is 12.1 Å². The van der Waals surface area contributed by atoms with Crippen molar-refractivity contribution in [2.75, 3.05) is 0 Å². The van der Waals surface area contributed by atoms with E-state index in [1.54, 1.807) is 28.7 Å². The molecule has 0 fully saturated rings. The third-order valence-electron chi connectivity index (χ3n) is 4.04. The van der Waals surface area contributed by atoms with Crippen LogP contribution in [0.15, 0.2) is 65.2 Å². The van der Waals surface area contributed by atoms with Crippen molar-refractivity contribution in [3.63, 3.8) is 0 Å². The molecule has 0 saturated carbocycles. The minimum absolute atomic E-state index is 0.101. The summed E-state index contributed by atoms with van der Waals surface area (Å²) in [6.07, 6.45) is 1.83. The molecule has 4 rings (SSSR count). The minimum atomic E-state index is -0.409. The summed E-state index contributed by atoms with van der Waals surface area (Å²) in [7, 11) is 0. The lowest BCUT2D eigenvalue weighted by molar-refractivity contribution is 0.0911. The van der Waals surface area contributed by atoms with E-state index < -0.39 is 11.7 Å². The number of halogens is 1. The average molecular weight is 350 g/mol. The van der Waals surface area contributed by atoms with Gasteiger partial charge in [-0.1, -0.05) is 18.2 Å². The highest BCUT2D eigenvalue weighted by Crippen LogP contribution is 2.25. The highest BCUT2D eigenvalue weighted by molar-refractivity contribution is 5.92. The standard InChI is InChI=1S/C19H15FN4O2/c1-12(18-23-22-17-8-4-5-11-24(17)18)21-19(25)16-10-9-15(26-16)13-6-2-3-7-14(13)20/h2-12H,1H3,(H,21,25)/t12-/m0/s1. The zero-order valence-corrected chi connectivity index (χ0v) is 13.9. The number of pyridine rings is 1. The van der Waals surface area contributed by atoms with Crippen LogP contribution in [0.1, 0.15) is 29.3 Å². The van der Waals surface area contributed by atoms with Gasteiger partial charge in [-0.3, -0.25) is 9.20 Å². The number of nitrogens with zero attached hydrogens (tertiary/aromatic N) is 3. The fourth-order valence-corrected chi connectivity index (χ4v) is 2.75. The van der Waals surface area contributed by atoms with Crippen LogP contribution in [0.5, 0.6) is 0 Å². The summed E-state index contributed by atoms with van der Waals surface area (Å²) < 4.78 is 21.2. The van der Waals surface area contributed by atoms with E-state index in [0.29, 0.717) is 22.8 Å². The second-order valence-electron chi connectivity index (χ2n) is 5.83. The van der Waals surface area contributed by atoms with Gasteiger partial charge in [-0.15, -0.1) is 10.2 Å². The van der Waals surface area contributed by atoms with Crippen molar-refractivity contribution in [2.45, 2.75) is 13.0 Å². The number of aromatic nitrogens is 3. The molecule has 0 aliphatic carbocycles. The Hall–Kier alpha value is -3.48.